The molecule has 3 nitrogen and oxygen atoms in total. The second kappa shape index (κ2) is 6.24. The highest BCUT2D eigenvalue weighted by Gasteiger charge is 2.22. The van der Waals surface area contributed by atoms with Gasteiger partial charge in [0.05, 0.1) is 11.1 Å². The lowest BCUT2D eigenvalue weighted by atomic mass is 9.94. The van der Waals surface area contributed by atoms with Crippen LogP contribution in [0.25, 0.3) is 0 Å². The number of ether oxygens (including phenoxy) is 2. The molecule has 1 heterocycles. The molecule has 1 aliphatic heterocycles. The molecule has 94 valence electrons. The van der Waals surface area contributed by atoms with Crippen LogP contribution in [-0.2, 0) is 4.74 Å². The average molecular weight is 257 g/mol. The molecule has 2 rings (SSSR count). The van der Waals surface area contributed by atoms with Gasteiger partial charge >= 0.3 is 0 Å². The summed E-state index contributed by atoms with van der Waals surface area (Å²) in [4.78, 5) is 0. The minimum absolute atomic E-state index is 0.270. The normalized spacial score (nSPS) is 18.9. The fraction of sp³-hybridized carbons (Fsp3) is 0.538. The number of aliphatic hydroxyl groups excluding tert-OH is 1. The van der Waals surface area contributed by atoms with Crippen LogP contribution in [0.4, 0.5) is 0 Å². The van der Waals surface area contributed by atoms with Gasteiger partial charge in [-0.3, -0.25) is 0 Å². The monoisotopic (exact) mass is 256 g/mol. The third-order valence-electron chi connectivity index (χ3n) is 3.06. The van der Waals surface area contributed by atoms with Crippen LogP contribution >= 0.6 is 11.6 Å². The Morgan fingerprint density at radius 1 is 1.35 bits per heavy atom. The summed E-state index contributed by atoms with van der Waals surface area (Å²) < 4.78 is 10.8. The maximum Gasteiger partial charge on any atom is 0.138 e. The highest BCUT2D eigenvalue weighted by Crippen LogP contribution is 2.25. The molecular formula is C13H17ClO3. The van der Waals surface area contributed by atoms with Crippen molar-refractivity contribution in [3.8, 4) is 5.75 Å². The molecule has 0 spiro atoms. The number of halogens is 1. The molecule has 1 fully saturated rings. The van der Waals surface area contributed by atoms with E-state index >= 15 is 0 Å². The summed E-state index contributed by atoms with van der Waals surface area (Å²) in [7, 11) is 0. The predicted octanol–water partition coefficient (Wildman–Crippen LogP) is 2.51. The van der Waals surface area contributed by atoms with Crippen LogP contribution in [-0.4, -0.2) is 31.0 Å². The molecule has 1 aromatic carbocycles. The lowest BCUT2D eigenvalue weighted by Crippen LogP contribution is -2.31. The van der Waals surface area contributed by atoms with Gasteiger partial charge in [-0.2, -0.15) is 0 Å². The SMILES string of the molecule is OC(COc1ccccc1Cl)C1CCOCC1. The molecule has 1 atom stereocenters. The van der Waals surface area contributed by atoms with Crippen LogP contribution in [0.3, 0.4) is 0 Å². The molecule has 0 radical (unpaired) electrons. The Morgan fingerprint density at radius 2 is 2.06 bits per heavy atom. The third-order valence-corrected chi connectivity index (χ3v) is 3.37. The summed E-state index contributed by atoms with van der Waals surface area (Å²) in [5, 5.41) is 10.6. The fourth-order valence-corrected chi connectivity index (χ4v) is 2.16. The van der Waals surface area contributed by atoms with E-state index < -0.39 is 6.10 Å². The molecule has 1 aliphatic rings. The zero-order valence-electron chi connectivity index (χ0n) is 9.64. The Kier molecular flexibility index (Phi) is 4.66. The van der Waals surface area contributed by atoms with Gasteiger partial charge in [0.1, 0.15) is 12.4 Å². The van der Waals surface area contributed by atoms with Gasteiger partial charge in [-0.15, -0.1) is 0 Å². The topological polar surface area (TPSA) is 38.7 Å². The second-order valence-corrected chi connectivity index (χ2v) is 4.67. The molecule has 17 heavy (non-hydrogen) atoms. The van der Waals surface area contributed by atoms with Crippen molar-refractivity contribution >= 4 is 11.6 Å². The molecule has 0 bridgehead atoms. The standard InChI is InChI=1S/C13H17ClO3/c14-11-3-1-2-4-13(11)17-9-12(15)10-5-7-16-8-6-10/h1-4,10,12,15H,5-9H2. The van der Waals surface area contributed by atoms with Crippen molar-refractivity contribution in [2.75, 3.05) is 19.8 Å². The van der Waals surface area contributed by atoms with E-state index in [2.05, 4.69) is 0 Å². The Morgan fingerprint density at radius 3 is 2.76 bits per heavy atom. The van der Waals surface area contributed by atoms with E-state index in [9.17, 15) is 5.11 Å². The van der Waals surface area contributed by atoms with E-state index in [-0.39, 0.29) is 12.5 Å². The van der Waals surface area contributed by atoms with E-state index in [0.29, 0.717) is 10.8 Å². The van der Waals surface area contributed by atoms with Gasteiger partial charge in [0.2, 0.25) is 0 Å². The van der Waals surface area contributed by atoms with Gasteiger partial charge in [0.15, 0.2) is 0 Å². The van der Waals surface area contributed by atoms with Crippen molar-refractivity contribution in [3.05, 3.63) is 29.3 Å². The summed E-state index contributed by atoms with van der Waals surface area (Å²) in [6, 6.07) is 7.29. The predicted molar refractivity (Wildman–Crippen MR) is 66.5 cm³/mol. The van der Waals surface area contributed by atoms with Crippen LogP contribution in [0.2, 0.25) is 5.02 Å². The summed E-state index contributed by atoms with van der Waals surface area (Å²) in [6.45, 7) is 1.75. The van der Waals surface area contributed by atoms with Gasteiger partial charge in [0.25, 0.3) is 0 Å². The Hall–Kier alpha value is -0.770. The molecule has 1 aromatic rings. The lowest BCUT2D eigenvalue weighted by molar-refractivity contribution is -0.0101. The van der Waals surface area contributed by atoms with Gasteiger partial charge in [-0.05, 0) is 30.9 Å². The van der Waals surface area contributed by atoms with Gasteiger partial charge < -0.3 is 14.6 Å². The minimum atomic E-state index is -0.449. The minimum Gasteiger partial charge on any atom is -0.489 e. The number of hydrogen-bond donors (Lipinski definition) is 1. The molecule has 1 unspecified atom stereocenters. The summed E-state index contributed by atoms with van der Waals surface area (Å²) in [6.07, 6.45) is 1.34. The summed E-state index contributed by atoms with van der Waals surface area (Å²) in [5.74, 6) is 0.895. The van der Waals surface area contributed by atoms with Crippen LogP contribution in [0, 0.1) is 5.92 Å². The van der Waals surface area contributed by atoms with Crippen molar-refractivity contribution < 1.29 is 14.6 Å². The fourth-order valence-electron chi connectivity index (χ4n) is 1.97. The molecule has 0 amide bonds. The highest BCUT2D eigenvalue weighted by atomic mass is 35.5. The first-order valence-electron chi connectivity index (χ1n) is 5.90. The van der Waals surface area contributed by atoms with Gasteiger partial charge in [-0.25, -0.2) is 0 Å². The first-order chi connectivity index (χ1) is 8.27. The second-order valence-electron chi connectivity index (χ2n) is 4.26. The van der Waals surface area contributed by atoms with Crippen LogP contribution in [0.1, 0.15) is 12.8 Å². The zero-order chi connectivity index (χ0) is 12.1. The first kappa shape index (κ1) is 12.7. The lowest BCUT2D eigenvalue weighted by Gasteiger charge is -2.26. The molecule has 0 saturated carbocycles. The number of para-hydroxylation sites is 1. The first-order valence-corrected chi connectivity index (χ1v) is 6.28. The molecule has 1 N–H and O–H groups in total. The van der Waals surface area contributed by atoms with Gasteiger partial charge in [0, 0.05) is 13.2 Å². The van der Waals surface area contributed by atoms with E-state index in [4.69, 9.17) is 21.1 Å². The van der Waals surface area contributed by atoms with E-state index in [0.717, 1.165) is 26.1 Å². The molecule has 0 aromatic heterocycles. The van der Waals surface area contributed by atoms with Crippen LogP contribution in [0.15, 0.2) is 24.3 Å². The maximum atomic E-state index is 10.0. The smallest absolute Gasteiger partial charge is 0.138 e. The quantitative estimate of drug-likeness (QED) is 0.900. The van der Waals surface area contributed by atoms with Crippen molar-refractivity contribution in [2.45, 2.75) is 18.9 Å². The van der Waals surface area contributed by atoms with Crippen molar-refractivity contribution in [2.24, 2.45) is 5.92 Å². The number of hydrogen-bond acceptors (Lipinski definition) is 3. The average Bonchev–Trinajstić information content (AvgIpc) is 2.38. The van der Waals surface area contributed by atoms with E-state index in [1.807, 2.05) is 12.1 Å². The molecule has 0 aliphatic carbocycles. The van der Waals surface area contributed by atoms with Crippen molar-refractivity contribution in [1.82, 2.24) is 0 Å². The summed E-state index contributed by atoms with van der Waals surface area (Å²) in [5.41, 5.74) is 0. The highest BCUT2D eigenvalue weighted by molar-refractivity contribution is 6.32. The Labute approximate surface area is 106 Å². The molecular weight excluding hydrogens is 240 g/mol. The van der Waals surface area contributed by atoms with E-state index in [1.165, 1.54) is 0 Å². The molecule has 1 saturated heterocycles. The van der Waals surface area contributed by atoms with Crippen molar-refractivity contribution in [1.29, 1.82) is 0 Å². The number of aliphatic hydroxyl groups is 1. The maximum absolute atomic E-state index is 10.0. The zero-order valence-corrected chi connectivity index (χ0v) is 10.4. The van der Waals surface area contributed by atoms with Crippen LogP contribution < -0.4 is 4.74 Å². The summed E-state index contributed by atoms with van der Waals surface area (Å²) >= 11 is 5.97. The van der Waals surface area contributed by atoms with Crippen molar-refractivity contribution in [3.63, 3.8) is 0 Å². The number of benzene rings is 1. The third kappa shape index (κ3) is 3.60. The van der Waals surface area contributed by atoms with Crippen LogP contribution in [0.5, 0.6) is 5.75 Å². The van der Waals surface area contributed by atoms with Gasteiger partial charge in [-0.1, -0.05) is 23.7 Å². The van der Waals surface area contributed by atoms with E-state index in [1.54, 1.807) is 12.1 Å². The number of rotatable bonds is 4. The Bertz CT molecular complexity index is 350. The largest absolute Gasteiger partial charge is 0.489 e. The molecule has 4 heteroatoms. The Balaban J connectivity index is 1.83.